The molecule has 1 aromatic carbocycles. The molecule has 294 valence electrons. The van der Waals surface area contributed by atoms with E-state index in [9.17, 15) is 14.7 Å². The molecular formula is C43H79O6P-2. The molecule has 1 rings (SSSR count). The second-order valence-corrected chi connectivity index (χ2v) is 16.3. The smallest absolute Gasteiger partial charge is 0.203 e. The fourth-order valence-corrected chi connectivity index (χ4v) is 7.24. The number of hydrogen-bond donors (Lipinski definition) is 0. The molecule has 0 spiro atoms. The molecular weight excluding hydrogens is 643 g/mol. The second-order valence-electron chi connectivity index (χ2n) is 14.8. The zero-order valence-electron chi connectivity index (χ0n) is 33.1. The molecule has 0 N–H and O–H groups in total. The van der Waals surface area contributed by atoms with Crippen LogP contribution in [0.3, 0.4) is 0 Å². The fourth-order valence-electron chi connectivity index (χ4n) is 6.61. The first-order valence-corrected chi connectivity index (χ1v) is 23.2. The van der Waals surface area contributed by atoms with E-state index in [1.54, 1.807) is 12.1 Å². The molecule has 0 amide bonds. The van der Waals surface area contributed by atoms with Crippen LogP contribution in [0.25, 0.3) is 0 Å². The fraction of sp³-hybridized carbons (Fsp3) is 0.860. The third-order valence-electron chi connectivity index (χ3n) is 9.71. The summed E-state index contributed by atoms with van der Waals surface area (Å²) < 4.78 is 18.9. The van der Waals surface area contributed by atoms with Crippen LogP contribution in [-0.4, -0.2) is 19.8 Å². The van der Waals surface area contributed by atoms with Gasteiger partial charge in [0.2, 0.25) is 5.75 Å². The second kappa shape index (κ2) is 33.7. The van der Waals surface area contributed by atoms with Gasteiger partial charge in [0.05, 0.1) is 26.0 Å². The SMILES string of the molecule is CCCCCCCCCCCCOc1cc(C[P+]([O-])([O-])[O-])cc(OCCCCCCCCCCCC)c1OCCCCCCCCCCCC. The van der Waals surface area contributed by atoms with Crippen LogP contribution in [-0.2, 0) is 6.16 Å². The number of hydrogen-bond acceptors (Lipinski definition) is 6. The Labute approximate surface area is 310 Å². The maximum Gasteiger partial charge on any atom is 0.203 e. The molecule has 7 heteroatoms. The Hall–Kier alpha value is -1.07. The van der Waals surface area contributed by atoms with Crippen molar-refractivity contribution in [1.29, 1.82) is 0 Å². The summed E-state index contributed by atoms with van der Waals surface area (Å²) in [6.45, 7) is 8.38. The van der Waals surface area contributed by atoms with Crippen LogP contribution in [0.5, 0.6) is 17.2 Å². The minimum absolute atomic E-state index is 0.403. The highest BCUT2D eigenvalue weighted by molar-refractivity contribution is 7.53. The van der Waals surface area contributed by atoms with Gasteiger partial charge in [-0.25, -0.2) is 0 Å². The molecule has 6 nitrogen and oxygen atoms in total. The van der Waals surface area contributed by atoms with Crippen molar-refractivity contribution >= 4 is 7.94 Å². The number of unbranched alkanes of at least 4 members (excludes halogenated alkanes) is 27. The first-order chi connectivity index (χ1) is 24.4. The maximum atomic E-state index is 11.8. The molecule has 0 unspecified atom stereocenters. The summed E-state index contributed by atoms with van der Waals surface area (Å²) >= 11 is 0. The topological polar surface area (TPSA) is 96.9 Å². The number of rotatable bonds is 38. The molecule has 0 aliphatic heterocycles. The van der Waals surface area contributed by atoms with Gasteiger partial charge in [0.25, 0.3) is 0 Å². The van der Waals surface area contributed by atoms with E-state index in [0.29, 0.717) is 42.6 Å². The van der Waals surface area contributed by atoms with Crippen LogP contribution in [0.1, 0.15) is 219 Å². The maximum absolute atomic E-state index is 11.8. The third-order valence-corrected chi connectivity index (χ3v) is 10.5. The number of benzene rings is 1. The van der Waals surface area contributed by atoms with E-state index >= 15 is 0 Å². The Morgan fingerprint density at radius 3 is 0.920 bits per heavy atom. The van der Waals surface area contributed by atoms with Crippen molar-refractivity contribution in [3.05, 3.63) is 17.7 Å². The molecule has 0 fully saturated rings. The molecule has 0 saturated carbocycles. The number of ether oxygens (including phenoxy) is 3. The molecule has 0 radical (unpaired) electrons. The van der Waals surface area contributed by atoms with E-state index in [2.05, 4.69) is 20.8 Å². The Balaban J connectivity index is 2.72. The molecule has 50 heavy (non-hydrogen) atoms. The van der Waals surface area contributed by atoms with Crippen LogP contribution in [0, 0.1) is 0 Å². The lowest BCUT2D eigenvalue weighted by molar-refractivity contribution is -0.428. The predicted octanol–water partition coefficient (Wildman–Crippen LogP) is 11.9. The normalized spacial score (nSPS) is 11.7. The van der Waals surface area contributed by atoms with E-state index in [0.717, 1.165) is 38.5 Å². The average molecular weight is 723 g/mol. The van der Waals surface area contributed by atoms with Gasteiger partial charge in [-0.2, -0.15) is 7.94 Å². The Kier molecular flexibility index (Phi) is 31.7. The van der Waals surface area contributed by atoms with Crippen LogP contribution in [0.15, 0.2) is 12.1 Å². The van der Waals surface area contributed by atoms with Gasteiger partial charge in [-0.1, -0.05) is 194 Å². The van der Waals surface area contributed by atoms with Crippen molar-refractivity contribution in [2.24, 2.45) is 0 Å². The minimum atomic E-state index is -4.76. The van der Waals surface area contributed by atoms with Crippen LogP contribution in [0.4, 0.5) is 0 Å². The van der Waals surface area contributed by atoms with E-state index in [1.807, 2.05) is 0 Å². The van der Waals surface area contributed by atoms with E-state index in [1.165, 1.54) is 154 Å². The summed E-state index contributed by atoms with van der Waals surface area (Å²) in [6, 6.07) is 3.36. The van der Waals surface area contributed by atoms with Crippen molar-refractivity contribution < 1.29 is 28.9 Å². The molecule has 0 heterocycles. The van der Waals surface area contributed by atoms with Crippen LogP contribution in [0.2, 0.25) is 0 Å². The largest absolute Gasteiger partial charge is 0.687 e. The van der Waals surface area contributed by atoms with Gasteiger partial charge in [0, 0.05) is 0 Å². The predicted molar refractivity (Wildman–Crippen MR) is 209 cm³/mol. The molecule has 0 saturated heterocycles. The van der Waals surface area contributed by atoms with Gasteiger partial charge < -0.3 is 28.9 Å². The minimum Gasteiger partial charge on any atom is -0.687 e. The van der Waals surface area contributed by atoms with Crippen molar-refractivity contribution in [1.82, 2.24) is 0 Å². The quantitative estimate of drug-likeness (QED) is 0.0498. The van der Waals surface area contributed by atoms with E-state index < -0.39 is 14.1 Å². The molecule has 0 atom stereocenters. The Bertz CT molecular complexity index is 826. The Morgan fingerprint density at radius 1 is 0.380 bits per heavy atom. The van der Waals surface area contributed by atoms with Crippen molar-refractivity contribution in [2.45, 2.75) is 220 Å². The molecule has 0 aliphatic carbocycles. The summed E-state index contributed by atoms with van der Waals surface area (Å²) in [5, 5.41) is 0. The summed E-state index contributed by atoms with van der Waals surface area (Å²) in [5.74, 6) is 1.55. The first kappa shape index (κ1) is 47.0. The molecule has 0 aliphatic rings. The standard InChI is InChI=1S/C43H81O6P/c1-4-7-10-13-16-19-22-25-28-31-34-47-41-37-40(39-50(44,45)46)38-42(48-35-32-29-26-23-20-17-14-11-8-5-2)43(41)49-36-33-30-27-24-21-18-15-12-9-6-3/h37-38H,4-36,39H2,1-3H3,(H2,44,45,46)/p-2. The Morgan fingerprint density at radius 2 is 0.640 bits per heavy atom. The molecule has 0 aromatic heterocycles. The highest BCUT2D eigenvalue weighted by Gasteiger charge is 2.18. The van der Waals surface area contributed by atoms with Gasteiger partial charge in [0.1, 0.15) is 0 Å². The van der Waals surface area contributed by atoms with Gasteiger partial charge in [0.15, 0.2) is 11.5 Å². The lowest BCUT2D eigenvalue weighted by Crippen LogP contribution is -2.33. The van der Waals surface area contributed by atoms with Crippen LogP contribution < -0.4 is 28.9 Å². The van der Waals surface area contributed by atoms with Gasteiger partial charge in [-0.3, -0.25) is 0 Å². The molecule has 1 aromatic rings. The van der Waals surface area contributed by atoms with Gasteiger partial charge in [-0.15, -0.1) is 0 Å². The van der Waals surface area contributed by atoms with Crippen molar-refractivity contribution in [3.63, 3.8) is 0 Å². The average Bonchev–Trinajstić information content (AvgIpc) is 3.08. The van der Waals surface area contributed by atoms with E-state index in [-0.39, 0.29) is 0 Å². The molecule has 0 bridgehead atoms. The summed E-state index contributed by atoms with van der Waals surface area (Å²) in [5.41, 5.74) is 0.403. The zero-order valence-corrected chi connectivity index (χ0v) is 34.0. The summed E-state index contributed by atoms with van der Waals surface area (Å²) in [4.78, 5) is 35.3. The summed E-state index contributed by atoms with van der Waals surface area (Å²) in [7, 11) is -4.76. The monoisotopic (exact) mass is 723 g/mol. The summed E-state index contributed by atoms with van der Waals surface area (Å²) in [6.07, 6.45) is 36.8. The highest BCUT2D eigenvalue weighted by Crippen LogP contribution is 2.43. The highest BCUT2D eigenvalue weighted by atomic mass is 31.2. The zero-order chi connectivity index (χ0) is 36.4. The van der Waals surface area contributed by atoms with E-state index in [4.69, 9.17) is 14.2 Å². The lowest BCUT2D eigenvalue weighted by atomic mass is 10.1. The third kappa shape index (κ3) is 28.5. The van der Waals surface area contributed by atoms with Crippen molar-refractivity contribution in [2.75, 3.05) is 19.8 Å². The van der Waals surface area contributed by atoms with Crippen molar-refractivity contribution in [3.8, 4) is 17.2 Å². The van der Waals surface area contributed by atoms with Gasteiger partial charge in [-0.05, 0) is 37.0 Å². The van der Waals surface area contributed by atoms with Crippen LogP contribution >= 0.6 is 7.94 Å². The lowest BCUT2D eigenvalue weighted by Gasteiger charge is -2.42. The van der Waals surface area contributed by atoms with Gasteiger partial charge >= 0.3 is 0 Å². The first-order valence-electron chi connectivity index (χ1n) is 21.5.